The lowest BCUT2D eigenvalue weighted by Crippen LogP contribution is -2.39. The van der Waals surface area contributed by atoms with E-state index < -0.39 is 0 Å². The van der Waals surface area contributed by atoms with Crippen molar-refractivity contribution in [1.82, 2.24) is 14.7 Å². The molecule has 2 fully saturated rings. The topological polar surface area (TPSA) is 43.9 Å². The van der Waals surface area contributed by atoms with Crippen LogP contribution in [-0.2, 0) is 16.1 Å². The summed E-state index contributed by atoms with van der Waals surface area (Å²) in [6.07, 6.45) is 1.37. The summed E-state index contributed by atoms with van der Waals surface area (Å²) in [7, 11) is 1.78. The van der Waals surface area contributed by atoms with Crippen molar-refractivity contribution in [2.24, 2.45) is 5.92 Å². The molecule has 1 aromatic rings. The van der Waals surface area contributed by atoms with Gasteiger partial charge in [0.2, 0.25) is 11.8 Å². The van der Waals surface area contributed by atoms with Gasteiger partial charge < -0.3 is 9.80 Å². The molecule has 1 aromatic carbocycles. The highest BCUT2D eigenvalue weighted by Crippen LogP contribution is 2.20. The fraction of sp³-hybridized carbons (Fsp3) is 0.556. The zero-order valence-electron chi connectivity index (χ0n) is 13.8. The second-order valence-corrected chi connectivity index (χ2v) is 6.62. The van der Waals surface area contributed by atoms with Crippen LogP contribution in [-0.4, -0.2) is 66.3 Å². The van der Waals surface area contributed by atoms with Gasteiger partial charge in [-0.1, -0.05) is 30.3 Å². The van der Waals surface area contributed by atoms with Gasteiger partial charge in [-0.25, -0.2) is 0 Å². The highest BCUT2D eigenvalue weighted by Gasteiger charge is 2.35. The van der Waals surface area contributed by atoms with E-state index in [0.717, 1.165) is 39.1 Å². The first-order valence-electron chi connectivity index (χ1n) is 8.42. The molecule has 0 spiro atoms. The van der Waals surface area contributed by atoms with Crippen LogP contribution < -0.4 is 0 Å². The van der Waals surface area contributed by atoms with Crippen molar-refractivity contribution in [2.45, 2.75) is 19.4 Å². The third-order valence-electron chi connectivity index (χ3n) is 4.84. The summed E-state index contributed by atoms with van der Waals surface area (Å²) >= 11 is 0. The number of carbonyl (C=O) groups excluding carboxylic acids is 2. The van der Waals surface area contributed by atoms with Crippen LogP contribution in [0.3, 0.4) is 0 Å². The van der Waals surface area contributed by atoms with E-state index in [9.17, 15) is 9.59 Å². The molecule has 3 rings (SSSR count). The Labute approximate surface area is 137 Å². The Morgan fingerprint density at radius 3 is 2.61 bits per heavy atom. The molecule has 124 valence electrons. The fourth-order valence-electron chi connectivity index (χ4n) is 3.48. The zero-order valence-corrected chi connectivity index (χ0v) is 13.8. The third kappa shape index (κ3) is 3.91. The van der Waals surface area contributed by atoms with Gasteiger partial charge in [0.1, 0.15) is 0 Å². The average Bonchev–Trinajstić information content (AvgIpc) is 2.76. The quantitative estimate of drug-likeness (QED) is 0.842. The first-order valence-corrected chi connectivity index (χ1v) is 8.42. The SMILES string of the molecule is CN1C[C@H](C(=O)N2CCCN(Cc3ccccc3)CC2)CC1=O. The van der Waals surface area contributed by atoms with Gasteiger partial charge in [0.05, 0.1) is 5.92 Å². The largest absolute Gasteiger partial charge is 0.345 e. The van der Waals surface area contributed by atoms with E-state index in [1.54, 1.807) is 11.9 Å². The zero-order chi connectivity index (χ0) is 16.2. The van der Waals surface area contributed by atoms with Gasteiger partial charge in [-0.05, 0) is 12.0 Å². The second-order valence-electron chi connectivity index (χ2n) is 6.62. The normalized spacial score (nSPS) is 23.2. The summed E-state index contributed by atoms with van der Waals surface area (Å²) in [5, 5.41) is 0. The second kappa shape index (κ2) is 7.13. The Balaban J connectivity index is 1.54. The molecule has 2 amide bonds. The summed E-state index contributed by atoms with van der Waals surface area (Å²) in [4.78, 5) is 30.3. The summed E-state index contributed by atoms with van der Waals surface area (Å²) in [5.41, 5.74) is 1.32. The standard InChI is InChI=1S/C18H25N3O2/c1-19-14-16(12-17(19)22)18(23)21-9-5-8-20(10-11-21)13-15-6-3-2-4-7-15/h2-4,6-7,16H,5,8-14H2,1H3/t16-/m1/s1. The van der Waals surface area contributed by atoms with Crippen LogP contribution in [0.1, 0.15) is 18.4 Å². The predicted octanol–water partition coefficient (Wildman–Crippen LogP) is 1.20. The van der Waals surface area contributed by atoms with Crippen LogP contribution >= 0.6 is 0 Å². The number of nitrogens with zero attached hydrogens (tertiary/aromatic N) is 3. The number of rotatable bonds is 3. The van der Waals surface area contributed by atoms with E-state index >= 15 is 0 Å². The molecule has 5 heteroatoms. The molecule has 2 aliphatic rings. The molecule has 0 unspecified atom stereocenters. The lowest BCUT2D eigenvalue weighted by molar-refractivity contribution is -0.135. The lowest BCUT2D eigenvalue weighted by atomic mass is 10.1. The molecule has 2 saturated heterocycles. The van der Waals surface area contributed by atoms with Crippen LogP contribution in [0.4, 0.5) is 0 Å². The van der Waals surface area contributed by atoms with Crippen LogP contribution in [0.25, 0.3) is 0 Å². The molecular formula is C18H25N3O2. The van der Waals surface area contributed by atoms with Crippen molar-refractivity contribution >= 4 is 11.8 Å². The molecule has 2 heterocycles. The van der Waals surface area contributed by atoms with Crippen LogP contribution in [0.5, 0.6) is 0 Å². The minimum Gasteiger partial charge on any atom is -0.345 e. The number of benzene rings is 1. The van der Waals surface area contributed by atoms with Crippen molar-refractivity contribution in [3.63, 3.8) is 0 Å². The number of amides is 2. The molecule has 23 heavy (non-hydrogen) atoms. The summed E-state index contributed by atoms with van der Waals surface area (Å²) in [6, 6.07) is 10.5. The van der Waals surface area contributed by atoms with Gasteiger partial charge in [0.25, 0.3) is 0 Å². The monoisotopic (exact) mass is 315 g/mol. The van der Waals surface area contributed by atoms with E-state index in [1.165, 1.54) is 5.56 Å². The van der Waals surface area contributed by atoms with Crippen LogP contribution in [0, 0.1) is 5.92 Å². The minimum atomic E-state index is -0.145. The molecular weight excluding hydrogens is 290 g/mol. The van der Waals surface area contributed by atoms with Crippen molar-refractivity contribution in [1.29, 1.82) is 0 Å². The lowest BCUT2D eigenvalue weighted by Gasteiger charge is -2.24. The molecule has 2 aliphatic heterocycles. The highest BCUT2D eigenvalue weighted by atomic mass is 16.2. The van der Waals surface area contributed by atoms with Gasteiger partial charge in [0.15, 0.2) is 0 Å². The Morgan fingerprint density at radius 2 is 1.91 bits per heavy atom. The summed E-state index contributed by atoms with van der Waals surface area (Å²) < 4.78 is 0. The molecule has 0 aliphatic carbocycles. The molecule has 0 N–H and O–H groups in total. The fourth-order valence-corrected chi connectivity index (χ4v) is 3.48. The Kier molecular flexibility index (Phi) is 4.96. The van der Waals surface area contributed by atoms with E-state index in [1.807, 2.05) is 11.0 Å². The maximum absolute atomic E-state index is 12.6. The van der Waals surface area contributed by atoms with Crippen molar-refractivity contribution in [3.05, 3.63) is 35.9 Å². The van der Waals surface area contributed by atoms with Crippen LogP contribution in [0.2, 0.25) is 0 Å². The van der Waals surface area contributed by atoms with Crippen molar-refractivity contribution < 1.29 is 9.59 Å². The number of hydrogen-bond donors (Lipinski definition) is 0. The molecule has 5 nitrogen and oxygen atoms in total. The smallest absolute Gasteiger partial charge is 0.228 e. The van der Waals surface area contributed by atoms with Gasteiger partial charge in [-0.3, -0.25) is 14.5 Å². The molecule has 0 aromatic heterocycles. The predicted molar refractivity (Wildman–Crippen MR) is 88.7 cm³/mol. The Morgan fingerprint density at radius 1 is 1.13 bits per heavy atom. The van der Waals surface area contributed by atoms with Gasteiger partial charge >= 0.3 is 0 Å². The minimum absolute atomic E-state index is 0.0869. The maximum Gasteiger partial charge on any atom is 0.228 e. The highest BCUT2D eigenvalue weighted by molar-refractivity contribution is 5.89. The van der Waals surface area contributed by atoms with E-state index in [-0.39, 0.29) is 17.7 Å². The van der Waals surface area contributed by atoms with Gasteiger partial charge in [0, 0.05) is 52.7 Å². The molecule has 1 atom stereocenters. The molecule has 0 bridgehead atoms. The number of carbonyl (C=O) groups is 2. The molecule has 0 radical (unpaired) electrons. The molecule has 0 saturated carbocycles. The maximum atomic E-state index is 12.6. The summed E-state index contributed by atoms with van der Waals surface area (Å²) in [6.45, 7) is 4.99. The van der Waals surface area contributed by atoms with Crippen molar-refractivity contribution in [2.75, 3.05) is 39.8 Å². The van der Waals surface area contributed by atoms with E-state index in [2.05, 4.69) is 29.2 Å². The van der Waals surface area contributed by atoms with Gasteiger partial charge in [-0.2, -0.15) is 0 Å². The first-order chi connectivity index (χ1) is 11.1. The number of likely N-dealkylation sites (tertiary alicyclic amines) is 1. The third-order valence-corrected chi connectivity index (χ3v) is 4.84. The van der Waals surface area contributed by atoms with Gasteiger partial charge in [-0.15, -0.1) is 0 Å². The van der Waals surface area contributed by atoms with Crippen molar-refractivity contribution in [3.8, 4) is 0 Å². The van der Waals surface area contributed by atoms with E-state index in [0.29, 0.717) is 13.0 Å². The Hall–Kier alpha value is -1.88. The number of hydrogen-bond acceptors (Lipinski definition) is 3. The van der Waals surface area contributed by atoms with E-state index in [4.69, 9.17) is 0 Å². The van der Waals surface area contributed by atoms with Crippen LogP contribution in [0.15, 0.2) is 30.3 Å². The Bertz CT molecular complexity index is 561. The first kappa shape index (κ1) is 16.0. The summed E-state index contributed by atoms with van der Waals surface area (Å²) in [5.74, 6) is 0.0984. The average molecular weight is 315 g/mol.